The van der Waals surface area contributed by atoms with Gasteiger partial charge in [-0.15, -0.1) is 0 Å². The predicted molar refractivity (Wildman–Crippen MR) is 147 cm³/mol. The highest BCUT2D eigenvalue weighted by Crippen LogP contribution is 2.34. The second-order valence-corrected chi connectivity index (χ2v) is 15.9. The molecule has 1 aliphatic heterocycles. The fourth-order valence-electron chi connectivity index (χ4n) is 5.30. The third-order valence-corrected chi connectivity index (χ3v) is 8.19. The average Bonchev–Trinajstić information content (AvgIpc) is 3.25. The highest BCUT2D eigenvalue weighted by Gasteiger charge is 2.43. The van der Waals surface area contributed by atoms with E-state index in [1.165, 1.54) is 37.0 Å². The molecule has 1 unspecified atom stereocenters. The first-order valence-corrected chi connectivity index (χ1v) is 17.1. The maximum atomic E-state index is 13.8. The van der Waals surface area contributed by atoms with Gasteiger partial charge < -0.3 is 13.9 Å². The zero-order chi connectivity index (χ0) is 26.4. The van der Waals surface area contributed by atoms with E-state index < -0.39 is 26.4 Å². The molecule has 2 aromatic carbocycles. The summed E-state index contributed by atoms with van der Waals surface area (Å²) >= 11 is 0. The minimum Gasteiger partial charge on any atom is -0.493 e. The summed E-state index contributed by atoms with van der Waals surface area (Å²) < 4.78 is 18.1. The monoisotopic (exact) mass is 523 g/mol. The number of ether oxygens (including phenoxy) is 2. The SMILES string of the molecule is C[C@H](C(=O)N1C(=O)OCC1Cc1ccccc1)[C@@H](O[Si](C)(C)C)c1cccc(OCC2CCCCC2)c1. The number of carbonyl (C=O) groups is 2. The van der Waals surface area contributed by atoms with E-state index in [1.807, 2.05) is 61.5 Å². The summed E-state index contributed by atoms with van der Waals surface area (Å²) in [5.74, 6) is 0.577. The van der Waals surface area contributed by atoms with E-state index in [9.17, 15) is 9.59 Å². The van der Waals surface area contributed by atoms with Crippen LogP contribution in [0.5, 0.6) is 5.75 Å². The minimum atomic E-state index is -2.04. The van der Waals surface area contributed by atoms with Crippen LogP contribution in [0.2, 0.25) is 19.6 Å². The van der Waals surface area contributed by atoms with Crippen molar-refractivity contribution in [2.24, 2.45) is 11.8 Å². The van der Waals surface area contributed by atoms with Gasteiger partial charge >= 0.3 is 6.09 Å². The third-order valence-electron chi connectivity index (χ3n) is 7.23. The molecular formula is C30H41NO5Si. The maximum Gasteiger partial charge on any atom is 0.416 e. The molecule has 0 bridgehead atoms. The van der Waals surface area contributed by atoms with Gasteiger partial charge in [-0.05, 0) is 68.1 Å². The number of imide groups is 1. The fraction of sp³-hybridized carbons (Fsp3) is 0.533. The van der Waals surface area contributed by atoms with E-state index in [0.717, 1.165) is 23.5 Å². The van der Waals surface area contributed by atoms with Gasteiger partial charge in [-0.25, -0.2) is 9.69 Å². The van der Waals surface area contributed by atoms with Crippen molar-refractivity contribution in [3.05, 3.63) is 65.7 Å². The molecule has 7 heteroatoms. The van der Waals surface area contributed by atoms with Gasteiger partial charge in [-0.1, -0.05) is 68.7 Å². The third kappa shape index (κ3) is 7.45. The standard InChI is InChI=1S/C30H41NO5Si/c1-22(29(32)31-26(21-35-30(31)33)18-23-12-7-5-8-13-23)28(36-37(2,3)4)25-16-11-17-27(19-25)34-20-24-14-9-6-10-15-24/h5,7-8,11-13,16-17,19,22,24,26,28H,6,9-10,14-15,18,20-21H2,1-4H3/t22-,26?,28+/m0/s1. The lowest BCUT2D eigenvalue weighted by Crippen LogP contribution is -2.45. The van der Waals surface area contributed by atoms with Crippen molar-refractivity contribution in [1.82, 2.24) is 4.90 Å². The highest BCUT2D eigenvalue weighted by molar-refractivity contribution is 6.69. The first-order chi connectivity index (χ1) is 17.7. The molecule has 2 aliphatic rings. The van der Waals surface area contributed by atoms with Crippen molar-refractivity contribution < 1.29 is 23.5 Å². The number of hydrogen-bond donors (Lipinski definition) is 0. The van der Waals surface area contributed by atoms with E-state index in [0.29, 0.717) is 12.3 Å². The lowest BCUT2D eigenvalue weighted by molar-refractivity contribution is -0.136. The molecule has 3 atom stereocenters. The second kappa shape index (κ2) is 12.3. The molecule has 1 saturated heterocycles. The predicted octanol–water partition coefficient (Wildman–Crippen LogP) is 6.76. The van der Waals surface area contributed by atoms with Gasteiger partial charge in [0.25, 0.3) is 0 Å². The topological polar surface area (TPSA) is 65.1 Å². The minimum absolute atomic E-state index is 0.205. The van der Waals surface area contributed by atoms with E-state index in [-0.39, 0.29) is 18.6 Å². The van der Waals surface area contributed by atoms with Gasteiger partial charge in [0.15, 0.2) is 8.32 Å². The Labute approximate surface area is 222 Å². The molecule has 4 rings (SSSR count). The molecule has 2 fully saturated rings. The Morgan fingerprint density at radius 3 is 2.49 bits per heavy atom. The van der Waals surface area contributed by atoms with E-state index in [2.05, 4.69) is 19.6 Å². The van der Waals surface area contributed by atoms with Crippen LogP contribution in [-0.2, 0) is 20.4 Å². The molecule has 0 radical (unpaired) electrons. The summed E-state index contributed by atoms with van der Waals surface area (Å²) in [6, 6.07) is 17.5. The Kier molecular flexibility index (Phi) is 9.08. The zero-order valence-corrected chi connectivity index (χ0v) is 23.7. The van der Waals surface area contributed by atoms with Gasteiger partial charge in [-0.2, -0.15) is 0 Å². The number of benzene rings is 2. The van der Waals surface area contributed by atoms with Crippen LogP contribution >= 0.6 is 0 Å². The second-order valence-electron chi connectivity index (χ2n) is 11.5. The number of hydrogen-bond acceptors (Lipinski definition) is 5. The molecule has 1 aliphatic carbocycles. The Bertz CT molecular complexity index is 1050. The van der Waals surface area contributed by atoms with Crippen molar-refractivity contribution in [1.29, 1.82) is 0 Å². The summed E-state index contributed by atoms with van der Waals surface area (Å²) in [4.78, 5) is 27.8. The summed E-state index contributed by atoms with van der Waals surface area (Å²) in [6.07, 6.45) is 5.84. The molecule has 0 aromatic heterocycles. The molecule has 2 aromatic rings. The molecule has 6 nitrogen and oxygen atoms in total. The van der Waals surface area contributed by atoms with Gasteiger partial charge in [0.05, 0.1) is 24.7 Å². The van der Waals surface area contributed by atoms with Crippen LogP contribution in [0.1, 0.15) is 56.3 Å². The maximum absolute atomic E-state index is 13.8. The number of amides is 2. The lowest BCUT2D eigenvalue weighted by atomic mass is 9.90. The highest BCUT2D eigenvalue weighted by atomic mass is 28.4. The summed E-state index contributed by atoms with van der Waals surface area (Å²) in [7, 11) is -2.04. The summed E-state index contributed by atoms with van der Waals surface area (Å²) in [5, 5.41) is 0. The quantitative estimate of drug-likeness (QED) is 0.322. The van der Waals surface area contributed by atoms with Crippen molar-refractivity contribution >= 4 is 20.3 Å². The van der Waals surface area contributed by atoms with Crippen LogP contribution in [0.15, 0.2) is 54.6 Å². The smallest absolute Gasteiger partial charge is 0.416 e. The number of carbonyl (C=O) groups excluding carboxylic acids is 2. The molecule has 1 saturated carbocycles. The Morgan fingerprint density at radius 1 is 1.05 bits per heavy atom. The molecule has 200 valence electrons. The van der Waals surface area contributed by atoms with Gasteiger partial charge in [-0.3, -0.25) is 4.79 Å². The van der Waals surface area contributed by atoms with Crippen molar-refractivity contribution in [2.75, 3.05) is 13.2 Å². The van der Waals surface area contributed by atoms with Crippen molar-refractivity contribution in [3.63, 3.8) is 0 Å². The van der Waals surface area contributed by atoms with Crippen LogP contribution in [0.25, 0.3) is 0 Å². The van der Waals surface area contributed by atoms with Gasteiger partial charge in [0.1, 0.15) is 12.4 Å². The molecule has 1 heterocycles. The van der Waals surface area contributed by atoms with Crippen LogP contribution < -0.4 is 4.74 Å². The Hall–Kier alpha value is -2.64. The van der Waals surface area contributed by atoms with Gasteiger partial charge in [0, 0.05) is 0 Å². The van der Waals surface area contributed by atoms with Crippen LogP contribution in [0.4, 0.5) is 4.79 Å². The van der Waals surface area contributed by atoms with Crippen LogP contribution in [0, 0.1) is 11.8 Å². The number of nitrogens with zero attached hydrogens (tertiary/aromatic N) is 1. The summed E-state index contributed by atoms with van der Waals surface area (Å²) in [6.45, 7) is 9.12. The van der Waals surface area contributed by atoms with E-state index >= 15 is 0 Å². The number of cyclic esters (lactones) is 1. The average molecular weight is 524 g/mol. The summed E-state index contributed by atoms with van der Waals surface area (Å²) in [5.41, 5.74) is 1.96. The first kappa shape index (κ1) is 27.4. The molecule has 2 amide bonds. The van der Waals surface area contributed by atoms with Gasteiger partial charge in [0.2, 0.25) is 5.91 Å². The first-order valence-electron chi connectivity index (χ1n) is 13.7. The van der Waals surface area contributed by atoms with Crippen LogP contribution in [-0.4, -0.2) is 44.5 Å². The number of rotatable bonds is 10. The lowest BCUT2D eigenvalue weighted by Gasteiger charge is -2.33. The normalized spacial score (nSPS) is 20.4. The van der Waals surface area contributed by atoms with E-state index in [4.69, 9.17) is 13.9 Å². The fourth-order valence-corrected chi connectivity index (χ4v) is 6.41. The Balaban J connectivity index is 1.52. The molecule has 37 heavy (non-hydrogen) atoms. The molecular weight excluding hydrogens is 482 g/mol. The van der Waals surface area contributed by atoms with Crippen molar-refractivity contribution in [3.8, 4) is 5.75 Å². The largest absolute Gasteiger partial charge is 0.493 e. The van der Waals surface area contributed by atoms with E-state index in [1.54, 1.807) is 0 Å². The van der Waals surface area contributed by atoms with Crippen LogP contribution in [0.3, 0.4) is 0 Å². The zero-order valence-electron chi connectivity index (χ0n) is 22.7. The Morgan fingerprint density at radius 2 is 1.78 bits per heavy atom. The molecule has 0 spiro atoms. The molecule has 0 N–H and O–H groups in total. The van der Waals surface area contributed by atoms with Crippen molar-refractivity contribution in [2.45, 2.75) is 77.2 Å².